The molecule has 1 aromatic heterocycles. The summed E-state index contributed by atoms with van der Waals surface area (Å²) < 4.78 is 11.2. The van der Waals surface area contributed by atoms with Gasteiger partial charge in [0.15, 0.2) is 6.10 Å². The lowest BCUT2D eigenvalue weighted by molar-refractivity contribution is -0.160. The van der Waals surface area contributed by atoms with Crippen LogP contribution in [-0.4, -0.2) is 47.3 Å². The maximum absolute atomic E-state index is 13.8. The second-order valence-electron chi connectivity index (χ2n) is 9.27. The first-order valence-corrected chi connectivity index (χ1v) is 13.7. The summed E-state index contributed by atoms with van der Waals surface area (Å²) in [6, 6.07) is 21.0. The third-order valence-corrected chi connectivity index (χ3v) is 7.69. The van der Waals surface area contributed by atoms with E-state index in [-0.39, 0.29) is 36.6 Å². The average molecular weight is 545 g/mol. The van der Waals surface area contributed by atoms with Crippen molar-refractivity contribution in [1.29, 1.82) is 0 Å². The van der Waals surface area contributed by atoms with Gasteiger partial charge in [-0.15, -0.1) is 11.3 Å². The summed E-state index contributed by atoms with van der Waals surface area (Å²) in [5, 5.41) is 4.70. The fourth-order valence-corrected chi connectivity index (χ4v) is 5.72. The van der Waals surface area contributed by atoms with Crippen molar-refractivity contribution < 1.29 is 28.7 Å². The van der Waals surface area contributed by atoms with Crippen LogP contribution >= 0.6 is 11.3 Å². The van der Waals surface area contributed by atoms with Crippen LogP contribution in [0.1, 0.15) is 41.9 Å². The van der Waals surface area contributed by atoms with Crippen molar-refractivity contribution in [3.63, 3.8) is 0 Å². The molecule has 0 spiro atoms. The summed E-state index contributed by atoms with van der Waals surface area (Å²) in [7, 11) is 0. The van der Waals surface area contributed by atoms with Crippen LogP contribution in [0.25, 0.3) is 0 Å². The highest BCUT2D eigenvalue weighted by Gasteiger charge is 2.54. The molecular formula is C30H28N2O6S. The molecule has 0 saturated carbocycles. The first-order chi connectivity index (χ1) is 19.0. The highest BCUT2D eigenvalue weighted by molar-refractivity contribution is 7.10. The maximum atomic E-state index is 13.8. The number of esters is 2. The molecule has 2 aliphatic rings. The normalized spacial score (nSPS) is 18.3. The predicted octanol–water partition coefficient (Wildman–Crippen LogP) is 3.93. The fourth-order valence-electron chi connectivity index (χ4n) is 5.01. The Morgan fingerprint density at radius 1 is 0.974 bits per heavy atom. The van der Waals surface area contributed by atoms with Crippen molar-refractivity contribution in [2.75, 3.05) is 6.61 Å². The second-order valence-corrected chi connectivity index (χ2v) is 10.3. The number of carbonyl (C=O) groups excluding carboxylic acids is 4. The zero-order valence-electron chi connectivity index (χ0n) is 21.4. The van der Waals surface area contributed by atoms with Crippen LogP contribution in [0.3, 0.4) is 0 Å². The molecule has 1 saturated heterocycles. The molecule has 1 N–H and O–H groups in total. The van der Waals surface area contributed by atoms with Crippen LogP contribution in [-0.2, 0) is 35.1 Å². The summed E-state index contributed by atoms with van der Waals surface area (Å²) in [5.41, 5.74) is 1.48. The maximum Gasteiger partial charge on any atom is 0.356 e. The highest BCUT2D eigenvalue weighted by Crippen LogP contribution is 2.39. The molecule has 0 aliphatic carbocycles. The molecule has 8 nitrogen and oxygen atoms in total. The van der Waals surface area contributed by atoms with Gasteiger partial charge < -0.3 is 14.8 Å². The van der Waals surface area contributed by atoms with Crippen molar-refractivity contribution in [3.05, 3.63) is 105 Å². The molecule has 0 radical (unpaired) electrons. The highest BCUT2D eigenvalue weighted by atomic mass is 32.1. The van der Waals surface area contributed by atoms with Crippen LogP contribution in [0.5, 0.6) is 0 Å². The summed E-state index contributed by atoms with van der Waals surface area (Å²) in [6.45, 7) is 1.80. The monoisotopic (exact) mass is 544 g/mol. The minimum atomic E-state index is -0.794. The van der Waals surface area contributed by atoms with E-state index in [1.54, 1.807) is 6.92 Å². The minimum absolute atomic E-state index is 0.106. The van der Waals surface area contributed by atoms with Crippen molar-refractivity contribution in [1.82, 2.24) is 10.2 Å². The molecule has 0 unspecified atom stereocenters. The number of nitrogens with one attached hydrogen (secondary N) is 1. The number of thiophene rings is 1. The van der Waals surface area contributed by atoms with Crippen LogP contribution in [0, 0.1) is 0 Å². The van der Waals surface area contributed by atoms with E-state index in [0.29, 0.717) is 6.42 Å². The number of hydrogen-bond acceptors (Lipinski definition) is 7. The van der Waals surface area contributed by atoms with Crippen molar-refractivity contribution in [3.8, 4) is 0 Å². The molecule has 2 atom stereocenters. The van der Waals surface area contributed by atoms with Crippen LogP contribution < -0.4 is 5.32 Å². The fraction of sp³-hybridized carbons (Fsp3) is 0.267. The number of ether oxygens (including phenoxy) is 2. The van der Waals surface area contributed by atoms with Crippen molar-refractivity contribution in [2.24, 2.45) is 0 Å². The molecule has 0 bridgehead atoms. The van der Waals surface area contributed by atoms with E-state index >= 15 is 0 Å². The Hall–Kier alpha value is -4.24. The number of amides is 2. The van der Waals surface area contributed by atoms with E-state index in [4.69, 9.17) is 9.47 Å². The Labute approximate surface area is 230 Å². The summed E-state index contributed by atoms with van der Waals surface area (Å²) in [5.74, 6) is -2.18. The average Bonchev–Trinajstić information content (AvgIpc) is 3.47. The van der Waals surface area contributed by atoms with E-state index in [1.807, 2.05) is 78.2 Å². The molecule has 1 fully saturated rings. The summed E-state index contributed by atoms with van der Waals surface area (Å²) in [6.07, 6.45) is 0.0366. The summed E-state index contributed by atoms with van der Waals surface area (Å²) in [4.78, 5) is 54.8. The van der Waals surface area contributed by atoms with Crippen LogP contribution in [0.2, 0.25) is 0 Å². The van der Waals surface area contributed by atoms with Gasteiger partial charge in [0.05, 0.1) is 24.6 Å². The first-order valence-electron chi connectivity index (χ1n) is 12.8. The number of β-lactam (4-membered cyclic amide) rings is 1. The van der Waals surface area contributed by atoms with E-state index in [1.165, 1.54) is 16.2 Å². The number of fused-ring (bicyclic) bond motifs is 1. The number of hydrogen-bond donors (Lipinski definition) is 1. The molecule has 5 rings (SSSR count). The zero-order valence-corrected chi connectivity index (χ0v) is 22.2. The van der Waals surface area contributed by atoms with Gasteiger partial charge in [-0.1, -0.05) is 66.7 Å². The number of benzene rings is 2. The van der Waals surface area contributed by atoms with E-state index in [9.17, 15) is 19.2 Å². The third-order valence-electron chi connectivity index (χ3n) is 6.81. The molecule has 9 heteroatoms. The Kier molecular flexibility index (Phi) is 7.88. The van der Waals surface area contributed by atoms with Gasteiger partial charge >= 0.3 is 11.9 Å². The predicted molar refractivity (Wildman–Crippen MR) is 144 cm³/mol. The first kappa shape index (κ1) is 26.4. The lowest BCUT2D eigenvalue weighted by atomic mass is 9.83. The molecule has 2 aromatic carbocycles. The summed E-state index contributed by atoms with van der Waals surface area (Å²) >= 11 is 1.47. The van der Waals surface area contributed by atoms with Gasteiger partial charge in [0.1, 0.15) is 11.7 Å². The minimum Gasteiger partial charge on any atom is -0.463 e. The Bertz CT molecular complexity index is 1350. The lowest BCUT2D eigenvalue weighted by Gasteiger charge is -2.50. The molecular weight excluding hydrogens is 516 g/mol. The Balaban J connectivity index is 1.42. The standard InChI is InChI=1S/C30H28N2O6S/c1-2-37-29(35)22-15-16-23-25(31-24(33)18-21-14-9-17-39-21)28(34)32(23)26(22)30(36)38-27(19-10-5-3-6-11-19)20-12-7-4-8-13-20/h3-14,17,23,25,27H,2,15-16,18H2,1H3,(H,31,33)/t23-,25-/m0/s1. The van der Waals surface area contributed by atoms with E-state index in [0.717, 1.165) is 16.0 Å². The van der Waals surface area contributed by atoms with Gasteiger partial charge in [0, 0.05) is 4.88 Å². The molecule has 2 aliphatic heterocycles. The lowest BCUT2D eigenvalue weighted by Crippen LogP contribution is -2.72. The molecule has 39 heavy (non-hydrogen) atoms. The second kappa shape index (κ2) is 11.7. The third kappa shape index (κ3) is 5.49. The largest absolute Gasteiger partial charge is 0.463 e. The van der Waals surface area contributed by atoms with Gasteiger partial charge in [-0.05, 0) is 42.3 Å². The molecule has 2 amide bonds. The van der Waals surface area contributed by atoms with Gasteiger partial charge in [0.25, 0.3) is 5.91 Å². The number of nitrogens with zero attached hydrogens (tertiary/aromatic N) is 1. The van der Waals surface area contributed by atoms with Crippen LogP contribution in [0.15, 0.2) is 89.4 Å². The molecule has 200 valence electrons. The van der Waals surface area contributed by atoms with Crippen molar-refractivity contribution in [2.45, 2.75) is 44.4 Å². The molecule has 3 aromatic rings. The van der Waals surface area contributed by atoms with E-state index in [2.05, 4.69) is 5.32 Å². The zero-order chi connectivity index (χ0) is 27.4. The van der Waals surface area contributed by atoms with E-state index < -0.39 is 36.0 Å². The topological polar surface area (TPSA) is 102 Å². The number of rotatable bonds is 9. The molecule has 3 heterocycles. The van der Waals surface area contributed by atoms with Crippen LogP contribution in [0.4, 0.5) is 0 Å². The SMILES string of the molecule is CCOC(=O)C1=C(C(=O)OC(c2ccccc2)c2ccccc2)N2C(=O)[C@@H](NC(=O)Cc3cccs3)[C@@H]2CC1. The Morgan fingerprint density at radius 3 is 2.23 bits per heavy atom. The van der Waals surface area contributed by atoms with Gasteiger partial charge in [-0.2, -0.15) is 0 Å². The van der Waals surface area contributed by atoms with Gasteiger partial charge in [0.2, 0.25) is 5.91 Å². The smallest absolute Gasteiger partial charge is 0.356 e. The van der Waals surface area contributed by atoms with Gasteiger partial charge in [-0.3, -0.25) is 14.5 Å². The Morgan fingerprint density at radius 2 is 1.64 bits per heavy atom. The number of carbonyl (C=O) groups is 4. The quantitative estimate of drug-likeness (QED) is 0.324. The van der Waals surface area contributed by atoms with Gasteiger partial charge in [-0.25, -0.2) is 9.59 Å². The van der Waals surface area contributed by atoms with Crippen molar-refractivity contribution >= 4 is 35.1 Å².